The van der Waals surface area contributed by atoms with Gasteiger partial charge in [-0.05, 0) is 30.9 Å². The summed E-state index contributed by atoms with van der Waals surface area (Å²) in [5, 5.41) is 12.2. The van der Waals surface area contributed by atoms with Crippen LogP contribution in [-0.2, 0) is 10.9 Å². The highest BCUT2D eigenvalue weighted by Gasteiger charge is 2.35. The molecule has 1 aromatic carbocycles. The van der Waals surface area contributed by atoms with Crippen LogP contribution < -0.4 is 5.32 Å². The first kappa shape index (κ1) is 15.6. The number of rotatable bonds is 3. The Labute approximate surface area is 119 Å². The molecule has 116 valence electrons. The van der Waals surface area contributed by atoms with Crippen LogP contribution in [0.15, 0.2) is 18.2 Å². The molecule has 0 unspecified atom stereocenters. The molecule has 1 saturated heterocycles. The lowest BCUT2D eigenvalue weighted by atomic mass is 10.0. The van der Waals surface area contributed by atoms with E-state index in [0.717, 1.165) is 31.0 Å². The van der Waals surface area contributed by atoms with Crippen molar-refractivity contribution in [3.63, 3.8) is 0 Å². The first-order valence-corrected chi connectivity index (χ1v) is 6.64. The third kappa shape index (κ3) is 3.87. The fourth-order valence-electron chi connectivity index (χ4n) is 2.26. The number of para-hydroxylation sites is 1. The van der Waals surface area contributed by atoms with E-state index in [1.165, 1.54) is 0 Å². The van der Waals surface area contributed by atoms with Crippen molar-refractivity contribution in [2.45, 2.75) is 19.0 Å². The van der Waals surface area contributed by atoms with E-state index in [9.17, 15) is 23.1 Å². The van der Waals surface area contributed by atoms with E-state index in [1.807, 2.05) is 0 Å². The van der Waals surface area contributed by atoms with Crippen molar-refractivity contribution >= 4 is 5.91 Å². The van der Waals surface area contributed by atoms with E-state index in [-0.39, 0.29) is 11.5 Å². The van der Waals surface area contributed by atoms with E-state index in [4.69, 9.17) is 4.74 Å². The summed E-state index contributed by atoms with van der Waals surface area (Å²) >= 11 is 0. The second-order valence-corrected chi connectivity index (χ2v) is 4.99. The first-order chi connectivity index (χ1) is 9.89. The zero-order valence-corrected chi connectivity index (χ0v) is 11.2. The quantitative estimate of drug-likeness (QED) is 0.902. The SMILES string of the molecule is O=C(NC[C@@H]1CCCOC1)c1cccc(C(F)(F)F)c1O. The minimum Gasteiger partial charge on any atom is -0.506 e. The van der Waals surface area contributed by atoms with Gasteiger partial charge in [0.25, 0.3) is 5.91 Å². The molecule has 2 N–H and O–H groups in total. The number of aromatic hydroxyl groups is 1. The molecule has 0 saturated carbocycles. The van der Waals surface area contributed by atoms with Gasteiger partial charge < -0.3 is 15.2 Å². The summed E-state index contributed by atoms with van der Waals surface area (Å²) in [6, 6.07) is 3.00. The van der Waals surface area contributed by atoms with Gasteiger partial charge in [0.15, 0.2) is 0 Å². The molecule has 1 aliphatic heterocycles. The third-order valence-corrected chi connectivity index (χ3v) is 3.39. The second kappa shape index (κ2) is 6.34. The highest BCUT2D eigenvalue weighted by molar-refractivity contribution is 5.97. The summed E-state index contributed by atoms with van der Waals surface area (Å²) in [7, 11) is 0. The number of alkyl halides is 3. The van der Waals surface area contributed by atoms with Crippen LogP contribution in [-0.4, -0.2) is 30.8 Å². The number of benzene rings is 1. The Morgan fingerprint density at radius 1 is 1.43 bits per heavy atom. The number of amides is 1. The van der Waals surface area contributed by atoms with Crippen LogP contribution in [0.2, 0.25) is 0 Å². The number of phenolic OH excluding ortho intramolecular Hbond substituents is 1. The molecular formula is C14H16F3NO3. The van der Waals surface area contributed by atoms with Crippen molar-refractivity contribution < 1.29 is 27.8 Å². The zero-order chi connectivity index (χ0) is 15.5. The van der Waals surface area contributed by atoms with Crippen LogP contribution >= 0.6 is 0 Å². The molecule has 1 heterocycles. The molecule has 0 aliphatic carbocycles. The predicted octanol–water partition coefficient (Wildman–Crippen LogP) is 2.57. The van der Waals surface area contributed by atoms with Crippen molar-refractivity contribution in [3.8, 4) is 5.75 Å². The molecule has 1 aliphatic rings. The van der Waals surface area contributed by atoms with Crippen LogP contribution in [0.5, 0.6) is 5.75 Å². The van der Waals surface area contributed by atoms with Gasteiger partial charge in [-0.15, -0.1) is 0 Å². The molecular weight excluding hydrogens is 287 g/mol. The molecule has 1 aromatic rings. The summed E-state index contributed by atoms with van der Waals surface area (Å²) < 4.78 is 43.2. The average molecular weight is 303 g/mol. The molecule has 1 amide bonds. The summed E-state index contributed by atoms with van der Waals surface area (Å²) in [5.41, 5.74) is -1.59. The minimum atomic E-state index is -4.70. The van der Waals surface area contributed by atoms with Crippen molar-refractivity contribution in [1.82, 2.24) is 5.32 Å². The smallest absolute Gasteiger partial charge is 0.419 e. The van der Waals surface area contributed by atoms with Gasteiger partial charge in [0, 0.05) is 13.2 Å². The Bertz CT molecular complexity index is 511. The van der Waals surface area contributed by atoms with E-state index >= 15 is 0 Å². The standard InChI is InChI=1S/C14H16F3NO3/c15-14(16,17)11-5-1-4-10(12(11)19)13(20)18-7-9-3-2-6-21-8-9/h1,4-5,9,19H,2-3,6-8H2,(H,18,20)/t9-/m0/s1. The van der Waals surface area contributed by atoms with Crippen LogP contribution in [0, 0.1) is 5.92 Å². The minimum absolute atomic E-state index is 0.149. The largest absolute Gasteiger partial charge is 0.506 e. The van der Waals surface area contributed by atoms with Crippen molar-refractivity contribution in [3.05, 3.63) is 29.3 Å². The van der Waals surface area contributed by atoms with Crippen LogP contribution in [0.1, 0.15) is 28.8 Å². The maximum absolute atomic E-state index is 12.7. The van der Waals surface area contributed by atoms with E-state index in [1.54, 1.807) is 0 Å². The number of halogens is 3. The fraction of sp³-hybridized carbons (Fsp3) is 0.500. The third-order valence-electron chi connectivity index (χ3n) is 3.39. The lowest BCUT2D eigenvalue weighted by molar-refractivity contribution is -0.138. The van der Waals surface area contributed by atoms with Gasteiger partial charge in [-0.25, -0.2) is 0 Å². The number of carbonyl (C=O) groups is 1. The molecule has 1 atom stereocenters. The molecule has 0 aromatic heterocycles. The van der Waals surface area contributed by atoms with E-state index < -0.39 is 23.4 Å². The van der Waals surface area contributed by atoms with Crippen molar-refractivity contribution in [2.75, 3.05) is 19.8 Å². The normalized spacial score (nSPS) is 19.3. The average Bonchev–Trinajstić information content (AvgIpc) is 2.45. The molecule has 21 heavy (non-hydrogen) atoms. The lowest BCUT2D eigenvalue weighted by Gasteiger charge is -2.22. The molecule has 7 heteroatoms. The molecule has 4 nitrogen and oxygen atoms in total. The summed E-state index contributed by atoms with van der Waals surface area (Å²) in [4.78, 5) is 11.9. The van der Waals surface area contributed by atoms with Gasteiger partial charge >= 0.3 is 6.18 Å². The number of ether oxygens (including phenoxy) is 1. The summed E-state index contributed by atoms with van der Waals surface area (Å²) in [5.74, 6) is -1.61. The first-order valence-electron chi connectivity index (χ1n) is 6.64. The van der Waals surface area contributed by atoms with Crippen LogP contribution in [0.4, 0.5) is 13.2 Å². The van der Waals surface area contributed by atoms with Crippen LogP contribution in [0.25, 0.3) is 0 Å². The molecule has 2 rings (SSSR count). The van der Waals surface area contributed by atoms with Gasteiger partial charge in [-0.2, -0.15) is 13.2 Å². The Kier molecular flexibility index (Phi) is 4.72. The van der Waals surface area contributed by atoms with Gasteiger partial charge in [0.05, 0.1) is 17.7 Å². The van der Waals surface area contributed by atoms with Gasteiger partial charge in [-0.3, -0.25) is 4.79 Å². The summed E-state index contributed by atoms with van der Waals surface area (Å²) in [6.45, 7) is 1.53. The zero-order valence-electron chi connectivity index (χ0n) is 11.2. The predicted molar refractivity (Wildman–Crippen MR) is 69.0 cm³/mol. The van der Waals surface area contributed by atoms with Crippen LogP contribution in [0.3, 0.4) is 0 Å². The Hall–Kier alpha value is -1.76. The molecule has 1 fully saturated rings. The van der Waals surface area contributed by atoms with E-state index in [2.05, 4.69) is 5.32 Å². The number of carbonyl (C=O) groups excluding carboxylic acids is 1. The van der Waals surface area contributed by atoms with Gasteiger partial charge in [-0.1, -0.05) is 6.07 Å². The van der Waals surface area contributed by atoms with Gasteiger partial charge in [0.2, 0.25) is 0 Å². The fourth-order valence-corrected chi connectivity index (χ4v) is 2.26. The highest BCUT2D eigenvalue weighted by atomic mass is 19.4. The lowest BCUT2D eigenvalue weighted by Crippen LogP contribution is -2.33. The van der Waals surface area contributed by atoms with Crippen molar-refractivity contribution in [1.29, 1.82) is 0 Å². The number of phenols is 1. The molecule has 0 bridgehead atoms. The topological polar surface area (TPSA) is 58.6 Å². The maximum atomic E-state index is 12.7. The van der Waals surface area contributed by atoms with Gasteiger partial charge in [0.1, 0.15) is 5.75 Å². The molecule has 0 spiro atoms. The van der Waals surface area contributed by atoms with Crippen molar-refractivity contribution in [2.24, 2.45) is 5.92 Å². The number of nitrogens with one attached hydrogen (secondary N) is 1. The monoisotopic (exact) mass is 303 g/mol. The van der Waals surface area contributed by atoms with E-state index in [0.29, 0.717) is 19.8 Å². The Morgan fingerprint density at radius 3 is 2.81 bits per heavy atom. The molecule has 0 radical (unpaired) electrons. The number of hydrogen-bond donors (Lipinski definition) is 2. The Balaban J connectivity index is 2.05. The summed E-state index contributed by atoms with van der Waals surface area (Å²) in [6.07, 6.45) is -2.90. The highest BCUT2D eigenvalue weighted by Crippen LogP contribution is 2.37. The second-order valence-electron chi connectivity index (χ2n) is 4.99. The maximum Gasteiger partial charge on any atom is 0.419 e. The number of hydrogen-bond acceptors (Lipinski definition) is 3. The Morgan fingerprint density at radius 2 is 2.19 bits per heavy atom.